The molecule has 7 rings (SSSR count). The minimum atomic E-state index is -3.72. The molecule has 3 aromatic carbocycles. The van der Waals surface area contributed by atoms with E-state index in [0.29, 0.717) is 28.1 Å². The van der Waals surface area contributed by atoms with Gasteiger partial charge >= 0.3 is 0 Å². The molecule has 24 heteroatoms. The summed E-state index contributed by atoms with van der Waals surface area (Å²) in [5.41, 5.74) is 17.7. The quantitative estimate of drug-likeness (QED) is 0.0258. The fourth-order valence-corrected chi connectivity index (χ4v) is 7.88. The van der Waals surface area contributed by atoms with Crippen LogP contribution in [0.3, 0.4) is 0 Å². The van der Waals surface area contributed by atoms with E-state index in [1.54, 1.807) is 60.7 Å². The molecular formula is C42H280N14O7S3. The second kappa shape index (κ2) is 23.5. The first-order chi connectivity index (χ1) is 150. The number of rotatable bonds is 11. The fraction of sp³-hybridized carbons (Fsp3) is 0. The van der Waals surface area contributed by atoms with Gasteiger partial charge in [0.15, 0.2) is 5.84 Å². The molecule has 0 atom stereocenters. The third-order valence-electron chi connectivity index (χ3n) is 7.91. The monoisotopic (exact) mass is 1430 g/mol. The molecule has 11 N–H and O–H groups in total. The molecule has 0 fully saturated rings. The number of nitrogen functional groups attached to an aromatic ring is 2. The molecule has 0 amide bonds. The molecule has 0 bridgehead atoms. The number of aromatic nitrogens is 4. The lowest BCUT2D eigenvalue weighted by Gasteiger charge is -2.08. The molecule has 0 unspecified atom stereocenters. The highest BCUT2D eigenvalue weighted by atomic mass is 32.2. The topological polar surface area (TPSA) is 372 Å². The third-order valence-corrected chi connectivity index (χ3v) is 12.0. The Kier molecular flexibility index (Phi) is 1.99. The van der Waals surface area contributed by atoms with Crippen molar-refractivity contribution in [1.82, 2.24) is 19.9 Å². The Morgan fingerprint density at radius 1 is 0.561 bits per heavy atom. The Balaban J connectivity index is -0.0000000102. The maximum absolute atomic E-state index is 12.1. The van der Waals surface area contributed by atoms with Crippen molar-refractivity contribution in [3.63, 3.8) is 0 Å². The van der Waals surface area contributed by atoms with E-state index in [1.807, 2.05) is 12.1 Å². The first kappa shape index (κ1) is 5.59. The number of nitrogens with zero attached hydrogens (tertiary/aromatic N) is 7. The lowest BCUT2D eigenvalue weighted by molar-refractivity contribution is 0.318. The Hall–Kier alpha value is -8.97. The van der Waals surface area contributed by atoms with Crippen LogP contribution in [0.4, 0.5) is 23.3 Å². The number of amidine groups is 2. The van der Waals surface area contributed by atoms with Gasteiger partial charge in [0.1, 0.15) is 29.1 Å². The van der Waals surface area contributed by atoms with Crippen molar-refractivity contribution in [2.45, 2.75) is 14.7 Å². The number of sulfonamides is 3. The van der Waals surface area contributed by atoms with Crippen LogP contribution in [0.5, 0.6) is 0 Å². The zero-order valence-corrected chi connectivity index (χ0v) is 36.5. The number of nitriles is 2. The number of oxime groups is 1. The maximum atomic E-state index is 12.1. The second-order valence-electron chi connectivity index (χ2n) is 12.6. The minimum Gasteiger partial charge on any atom is -0.409 e. The average Bonchev–Trinajstić information content (AvgIpc) is 0.827. The van der Waals surface area contributed by atoms with E-state index in [2.05, 4.69) is 39.3 Å². The van der Waals surface area contributed by atoms with Crippen molar-refractivity contribution < 1.29 is 387 Å². The predicted molar refractivity (Wildman–Crippen MR) is 502 cm³/mol. The molecule has 66 heavy (non-hydrogen) atoms. The molecule has 7 aromatic rings. The van der Waals surface area contributed by atoms with Gasteiger partial charge in [-0.3, -0.25) is 19.6 Å². The molecule has 0 aliphatic rings. The highest BCUT2D eigenvalue weighted by molar-refractivity contribution is 7.93. The van der Waals surface area contributed by atoms with Crippen LogP contribution in [0, 0.1) is 28.1 Å². The van der Waals surface area contributed by atoms with Gasteiger partial charge in [0.2, 0.25) is 0 Å². The summed E-state index contributed by atoms with van der Waals surface area (Å²) in [6.07, 6.45) is 5.63. The molecular weight excluding hydrogens is 909 g/mol. The van der Waals surface area contributed by atoms with Gasteiger partial charge < -0.3 is 22.4 Å². The van der Waals surface area contributed by atoms with Gasteiger partial charge in [-0.1, -0.05) is 59.8 Å². The number of benzene rings is 3. The van der Waals surface area contributed by atoms with E-state index in [1.165, 1.54) is 104 Å². The van der Waals surface area contributed by atoms with E-state index < -0.39 is 30.1 Å². The molecule has 578 valence electrons. The van der Waals surface area contributed by atoms with E-state index in [-0.39, 0.29) is 46.7 Å². The van der Waals surface area contributed by atoms with Crippen molar-refractivity contribution in [2.24, 2.45) is 16.6 Å². The number of pyridine rings is 4. The van der Waals surface area contributed by atoms with Gasteiger partial charge in [0.25, 0.3) is 30.1 Å². The molecule has 0 spiro atoms. The van der Waals surface area contributed by atoms with Crippen LogP contribution in [0.1, 0.15) is 378 Å². The zero-order valence-electron chi connectivity index (χ0n) is 272. The molecule has 0 aliphatic carbocycles. The van der Waals surface area contributed by atoms with Gasteiger partial charge in [-0.05, 0) is 84.9 Å². The Morgan fingerprint density at radius 2 is 0.909 bits per heavy atom. The van der Waals surface area contributed by atoms with Crippen LogP contribution in [-0.2, 0) is 30.1 Å². The van der Waals surface area contributed by atoms with Crippen molar-refractivity contribution in [3.05, 3.63) is 187 Å². The average molecular weight is 1430 g/mol. The Bertz CT molecular complexity index is 3440. The van der Waals surface area contributed by atoms with Crippen LogP contribution < -0.4 is 31.4 Å². The smallest absolute Gasteiger partial charge is 0.263 e. The molecule has 0 saturated carbocycles. The number of nitrogens with one attached hydrogen (secondary N) is 4. The summed E-state index contributed by atoms with van der Waals surface area (Å²) < 4.78 is 1270. The predicted octanol–water partition coefficient (Wildman–Crippen LogP) is 34.2. The maximum Gasteiger partial charge on any atom is 0.263 e. The van der Waals surface area contributed by atoms with Crippen LogP contribution in [0.2, 0.25) is 0 Å². The first-order valence-electron chi connectivity index (χ1n) is 137. The van der Waals surface area contributed by atoms with Gasteiger partial charge in [-0.15, -0.1) is 0 Å². The lowest BCUT2D eigenvalue weighted by Crippen LogP contribution is -2.16. The van der Waals surface area contributed by atoms with Crippen molar-refractivity contribution in [2.75, 3.05) is 19.9 Å². The standard InChI is InChI=1S/C12H12N4O3S.C12H12N4O2S.C12H9N3O2S.C6H5N3.121H2/c13-12(15-17)9-6-7-14-11(8-9)16-20(18,19)10-4-2-1-3-5-10;13-12(14)9-6-7-15-11(8-9)16-19(17,18)10-4-2-1-3-5-10;13-9-10-6-7-14-12(8-10)15-18(16,17)11-4-2-1-3-5-11;7-4-5-1-2-9-6(8)3-5;;;;;;;;;;;;;;;;;;;;;;;;;;;;;;;;;;;;;;;;;;;;;;;;;;;;;;;;;;;;;;;;;;;;;;;;;;;;;;;;;;;;;;;;;;;;;;;;;;;;;;;;;;;;;;;;;;;;;;;;;/h1-8,17H,(H2,13,15)(H,14,16);1-8H,(H3,13,14)(H,15,16);1-8H,(H,14,15);1-3H,(H2,8,9);121*1H/i;;;;119*1+1D;2*1+1. The summed E-state index contributed by atoms with van der Waals surface area (Å²) in [6, 6.07) is 39.5. The van der Waals surface area contributed by atoms with E-state index in [4.69, 9.17) is 392 Å². The molecule has 21 nitrogen and oxygen atoms in total. The summed E-state index contributed by atoms with van der Waals surface area (Å²) in [6.45, 7) is 0. The molecule has 4 heterocycles. The van der Waals surface area contributed by atoms with Gasteiger partial charge in [-0.2, -0.15) is 10.5 Å². The van der Waals surface area contributed by atoms with Crippen LogP contribution in [0.15, 0.2) is 184 Å². The summed E-state index contributed by atoms with van der Waals surface area (Å²) in [4.78, 5) is 15.8. The van der Waals surface area contributed by atoms with Crippen LogP contribution in [-0.4, -0.2) is 62.1 Å². The molecule has 0 saturated heterocycles. The highest BCUT2D eigenvalue weighted by Crippen LogP contribution is 2.17. The summed E-state index contributed by atoms with van der Waals surface area (Å²) in [5.74, 6) is 0.427. The summed E-state index contributed by atoms with van der Waals surface area (Å²) in [5, 5.41) is 35.8. The zero-order chi connectivity index (χ0) is 286. The van der Waals surface area contributed by atoms with E-state index in [9.17, 15) is 25.3 Å². The highest BCUT2D eigenvalue weighted by Gasteiger charge is 2.17. The fourth-order valence-electron chi connectivity index (χ4n) is 4.82. The van der Waals surface area contributed by atoms with E-state index >= 15 is 0 Å². The number of hydrogen-bond donors (Lipinski definition) is 8. The van der Waals surface area contributed by atoms with Gasteiger partial charge in [-0.25, -0.2) is 45.2 Å². The summed E-state index contributed by atoms with van der Waals surface area (Å²) >= 11 is 0. The van der Waals surface area contributed by atoms with Crippen molar-refractivity contribution in [3.8, 4) is 12.1 Å². The SMILES string of the molecule is N#Cc1ccnc(N)c1.N#Cc1ccnc(NS(=O)(=O)c2ccccc2)c1.N=C(N)c1ccnc(NS(=O)(=O)c2ccccc2)c1.NC(=NO)c1ccnc(NS(=O)(=O)c2ccccc2)c1.[2HH].[2HH].[2H][2H].[2H][2H].[2H][2H].[2H][2H].[2H][2H].[2H][2H].[2H][2H].[2H][2H].[2H][2H].[2H][2H].[2H][2H].[2H][2H].[2H][2H].[2H][2H].[2H][2H].[2H][2H].[2H][2H].[2H][2H].[2H][2H].[2H][2H].[2H][2H].[2H][2H].[2H][2H].[2H][2H].[2H][2H].[2H][2H].[2H][2H].[2H][2H].[2H][2H].[2H][2H].[2H][2H].[2H][2H].[2H][2H].[2H][2H].[2H][2H].[2H][2H].[2H][2H].[2H][2H].[2H][2H].[2H][2H].[2H][2H].[2H][2H].[2H][2H].[2H][2H].[2H][2H].[2H][2H].[2H][2H].[2H][2H].[2H][2H].[2H][2H].[2H][2H].[2H][2H].[2H][2H].[2H][2H].[2H][2H].[2H][2H].[2H][2H].[2H][2H].[2H][2H].[2H][2H].[2H][2H].[2H][2H].[2H][2H].[2H][2H].[2H][2H].[2H][2H].[2H][2H].[2H][2H].[2H][2H].[2H][2H].[2H][2H].[2H][2H].[2H][2H].[2H][2H].[2H][2H].[2H][2H].[2H][2H].[2H][2H].[2H][2H].[2H][2H].[2H][2H].[2H][2H].[2H][2H].[2H][2H].[2H][2H].[2H][2H].[2H][2H].[2H][2H].[2H][2H].[2H][2H].[2H][2H].[2H][2H].[2H][2H].[2H][2H].[2H][2H].[2H][2H].[2H][2H].[2H][2H].[2H][2H].[2H][2H].[2H][2H].[2H][2H].[2H][2H].[2H][2H].[2H][2H].[2H][2H].[2H][2H].[2H][2H].[2H][2H].[2H][2H].[2H][2H].[2H][2H].[2H][2H].[2H][2H].[2H][2H].[2H][2H].[2H][2H].[2H][2H].[2H][2H]. The number of nitrogens with two attached hydrogens (primary N) is 3. The second-order valence-corrected chi connectivity index (χ2v) is 17.7. The number of anilines is 4. The normalized spacial score (nSPS) is 25.3. The lowest BCUT2D eigenvalue weighted by atomic mass is 10.2. The molecule has 4 aromatic heterocycles. The third kappa shape index (κ3) is 15.4. The number of hydrogen-bond acceptors (Lipinski definition) is 16. The van der Waals surface area contributed by atoms with E-state index in [0.717, 1.165) is 0 Å². The van der Waals surface area contributed by atoms with Gasteiger partial charge in [0, 0.05) is 392 Å². The largest absolute Gasteiger partial charge is 0.409 e. The minimum absolute atomic E-state index is 0. The van der Waals surface area contributed by atoms with Gasteiger partial charge in [0.05, 0.1) is 38.0 Å². The first-order valence-corrected chi connectivity index (χ1v) is 22.9. The summed E-state index contributed by atoms with van der Waals surface area (Å²) in [7, 11) is -11.1. The Labute approximate surface area is 749 Å². The van der Waals surface area contributed by atoms with Crippen LogP contribution >= 0.6 is 0 Å². The molecule has 0 radical (unpaired) electrons. The van der Waals surface area contributed by atoms with Crippen LogP contribution in [0.25, 0.3) is 0 Å². The van der Waals surface area contributed by atoms with Crippen molar-refractivity contribution >= 4 is 65.0 Å². The molecule has 0 aliphatic heterocycles. The Morgan fingerprint density at radius 3 is 1.27 bits per heavy atom. The van der Waals surface area contributed by atoms with Crippen molar-refractivity contribution in [1.29, 1.82) is 15.9 Å².